The van der Waals surface area contributed by atoms with E-state index >= 15 is 0 Å². The highest BCUT2D eigenvalue weighted by Crippen LogP contribution is 2.48. The number of aromatic nitrogens is 2. The Kier molecular flexibility index (Phi) is 7.83. The predicted octanol–water partition coefficient (Wildman–Crippen LogP) is 7.69. The summed E-state index contributed by atoms with van der Waals surface area (Å²) in [5.74, 6) is -0.685. The molecular formula is C33H30N4O4. The van der Waals surface area contributed by atoms with Crippen molar-refractivity contribution in [2.75, 3.05) is 10.6 Å². The number of anilines is 4. The van der Waals surface area contributed by atoms with Crippen LogP contribution in [0.15, 0.2) is 85.1 Å². The van der Waals surface area contributed by atoms with E-state index in [1.165, 1.54) is 6.07 Å². The van der Waals surface area contributed by atoms with Gasteiger partial charge in [-0.15, -0.1) is 0 Å². The number of aliphatic carboxylic acids is 1. The van der Waals surface area contributed by atoms with Crippen molar-refractivity contribution in [1.82, 2.24) is 9.97 Å². The molecule has 2 heterocycles. The number of carboxylic acid groups (broad SMARTS) is 1. The quantitative estimate of drug-likeness (QED) is 0.119. The van der Waals surface area contributed by atoms with Gasteiger partial charge in [-0.25, -0.2) is 4.98 Å². The van der Waals surface area contributed by atoms with Gasteiger partial charge in [0.1, 0.15) is 17.2 Å². The molecule has 8 nitrogen and oxygen atoms in total. The molecule has 0 aliphatic rings. The molecule has 5 N–H and O–H groups in total. The summed E-state index contributed by atoms with van der Waals surface area (Å²) < 4.78 is 0. The summed E-state index contributed by atoms with van der Waals surface area (Å²) in [7, 11) is 0. The number of rotatable bonds is 9. The van der Waals surface area contributed by atoms with Crippen molar-refractivity contribution < 1.29 is 20.1 Å². The molecule has 8 heteroatoms. The predicted molar refractivity (Wildman–Crippen MR) is 163 cm³/mol. The Bertz CT molecular complexity index is 1730. The van der Waals surface area contributed by atoms with Gasteiger partial charge in [-0.3, -0.25) is 9.78 Å². The minimum absolute atomic E-state index is 0.0462. The highest BCUT2D eigenvalue weighted by Gasteiger charge is 2.24. The van der Waals surface area contributed by atoms with Crippen LogP contribution >= 0.6 is 0 Å². The highest BCUT2D eigenvalue weighted by atomic mass is 16.4. The second-order valence-corrected chi connectivity index (χ2v) is 9.80. The molecule has 0 aliphatic heterocycles. The summed E-state index contributed by atoms with van der Waals surface area (Å²) in [5.41, 5.74) is 5.45. The summed E-state index contributed by atoms with van der Waals surface area (Å²) >= 11 is 0. The molecule has 5 rings (SSSR count). The Labute approximate surface area is 237 Å². The van der Waals surface area contributed by atoms with Gasteiger partial charge < -0.3 is 26.0 Å². The van der Waals surface area contributed by atoms with Gasteiger partial charge in [-0.2, -0.15) is 0 Å². The van der Waals surface area contributed by atoms with Crippen LogP contribution in [0.3, 0.4) is 0 Å². The normalized spacial score (nSPS) is 11.2. The molecule has 0 saturated heterocycles. The number of nitrogens with one attached hydrogen (secondary N) is 2. The molecule has 0 amide bonds. The van der Waals surface area contributed by atoms with Crippen LogP contribution in [-0.2, 0) is 4.79 Å². The number of carboxylic acids is 1. The van der Waals surface area contributed by atoms with E-state index in [1.54, 1.807) is 30.5 Å². The zero-order chi connectivity index (χ0) is 28.9. The van der Waals surface area contributed by atoms with Crippen LogP contribution in [0.2, 0.25) is 0 Å². The van der Waals surface area contributed by atoms with Gasteiger partial charge in [0.05, 0.1) is 22.2 Å². The molecule has 0 atom stereocenters. The maximum Gasteiger partial charge on any atom is 0.303 e. The average Bonchev–Trinajstić information content (AvgIpc) is 2.96. The SMILES string of the molecule is Cc1ccc(Nc2nc(-c3ccccn3)c3c(O)cc(/C=C/CCC(=O)O)c(O)c3c2Nc2ccc(C)cc2)cc1. The van der Waals surface area contributed by atoms with Gasteiger partial charge in [-0.05, 0) is 62.7 Å². The van der Waals surface area contributed by atoms with E-state index in [0.717, 1.165) is 22.5 Å². The number of aryl methyl sites for hydroxylation is 2. The van der Waals surface area contributed by atoms with Crippen molar-refractivity contribution in [2.45, 2.75) is 26.7 Å². The van der Waals surface area contributed by atoms with Gasteiger partial charge in [0, 0.05) is 29.6 Å². The molecule has 206 valence electrons. The summed E-state index contributed by atoms with van der Waals surface area (Å²) in [6.07, 6.45) is 5.15. The number of hydrogen-bond donors (Lipinski definition) is 5. The zero-order valence-corrected chi connectivity index (χ0v) is 22.7. The van der Waals surface area contributed by atoms with Crippen molar-refractivity contribution in [1.29, 1.82) is 0 Å². The summed E-state index contributed by atoms with van der Waals surface area (Å²) in [4.78, 5) is 20.4. The number of fused-ring (bicyclic) bond motifs is 1. The number of benzene rings is 3. The fourth-order valence-corrected chi connectivity index (χ4v) is 4.50. The third-order valence-electron chi connectivity index (χ3n) is 6.62. The maximum absolute atomic E-state index is 11.7. The van der Waals surface area contributed by atoms with Crippen LogP contribution in [-0.4, -0.2) is 31.3 Å². The first-order valence-corrected chi connectivity index (χ1v) is 13.2. The first kappa shape index (κ1) is 27.2. The number of aromatic hydroxyl groups is 2. The molecule has 0 aliphatic carbocycles. The third-order valence-corrected chi connectivity index (χ3v) is 6.62. The van der Waals surface area contributed by atoms with Crippen molar-refractivity contribution >= 4 is 45.7 Å². The van der Waals surface area contributed by atoms with Crippen LogP contribution in [0.4, 0.5) is 22.9 Å². The van der Waals surface area contributed by atoms with Gasteiger partial charge >= 0.3 is 5.97 Å². The lowest BCUT2D eigenvalue weighted by Crippen LogP contribution is -2.04. The van der Waals surface area contributed by atoms with Crippen molar-refractivity contribution in [3.63, 3.8) is 0 Å². The van der Waals surface area contributed by atoms with E-state index in [9.17, 15) is 15.0 Å². The number of nitrogens with zero attached hydrogens (tertiary/aromatic N) is 2. The first-order valence-electron chi connectivity index (χ1n) is 13.2. The third kappa shape index (κ3) is 6.12. The number of allylic oxidation sites excluding steroid dienone is 1. The second-order valence-electron chi connectivity index (χ2n) is 9.80. The number of phenolic OH excluding ortho intramolecular Hbond substituents is 2. The molecule has 0 spiro atoms. The monoisotopic (exact) mass is 546 g/mol. The lowest BCUT2D eigenvalue weighted by atomic mass is 9.99. The molecule has 0 radical (unpaired) electrons. The lowest BCUT2D eigenvalue weighted by molar-refractivity contribution is -0.136. The second kappa shape index (κ2) is 11.8. The molecular weight excluding hydrogens is 516 g/mol. The van der Waals surface area contributed by atoms with Crippen LogP contribution in [0.25, 0.3) is 28.2 Å². The van der Waals surface area contributed by atoms with Crippen molar-refractivity contribution in [2.24, 2.45) is 0 Å². The Morgan fingerprint density at radius 2 is 1.54 bits per heavy atom. The summed E-state index contributed by atoms with van der Waals surface area (Å²) in [6.45, 7) is 4.01. The minimum Gasteiger partial charge on any atom is -0.507 e. The Hall–Kier alpha value is -5.37. The van der Waals surface area contributed by atoms with Crippen LogP contribution in [0.5, 0.6) is 11.5 Å². The Morgan fingerprint density at radius 3 is 2.15 bits per heavy atom. The summed E-state index contributed by atoms with van der Waals surface area (Å²) in [6, 6.07) is 22.5. The van der Waals surface area contributed by atoms with E-state index in [1.807, 2.05) is 68.4 Å². The molecule has 0 saturated carbocycles. The first-order chi connectivity index (χ1) is 19.8. The Morgan fingerprint density at radius 1 is 0.878 bits per heavy atom. The average molecular weight is 547 g/mol. The smallest absolute Gasteiger partial charge is 0.303 e. The highest BCUT2D eigenvalue weighted by molar-refractivity contribution is 6.13. The van der Waals surface area contributed by atoms with E-state index in [0.29, 0.717) is 39.2 Å². The van der Waals surface area contributed by atoms with E-state index in [-0.39, 0.29) is 24.3 Å². The van der Waals surface area contributed by atoms with Crippen LogP contribution in [0, 0.1) is 13.8 Å². The Balaban J connectivity index is 1.79. The topological polar surface area (TPSA) is 128 Å². The number of pyridine rings is 2. The zero-order valence-electron chi connectivity index (χ0n) is 22.7. The molecule has 0 unspecified atom stereocenters. The number of phenols is 2. The van der Waals surface area contributed by atoms with E-state index < -0.39 is 5.97 Å². The fraction of sp³-hybridized carbons (Fsp3) is 0.121. The van der Waals surface area contributed by atoms with Crippen LogP contribution in [0.1, 0.15) is 29.5 Å². The standard InChI is InChI=1S/C33H30N4O4/c1-20-10-14-23(15-11-20)35-31-29-28(26(38)19-22(32(29)41)7-3-4-9-27(39)40)30(25-8-5-6-18-34-25)37-33(31)36-24-16-12-21(2)13-17-24/h3,5-8,10-19,35,38,41H,4,9H2,1-2H3,(H,36,37)(H,39,40)/b7-3+. The molecule has 5 aromatic rings. The molecule has 3 aromatic carbocycles. The van der Waals surface area contributed by atoms with Gasteiger partial charge in [0.15, 0.2) is 5.82 Å². The van der Waals surface area contributed by atoms with Gasteiger partial charge in [-0.1, -0.05) is 53.6 Å². The maximum atomic E-state index is 11.7. The van der Waals surface area contributed by atoms with E-state index in [4.69, 9.17) is 10.1 Å². The summed E-state index contributed by atoms with van der Waals surface area (Å²) in [5, 5.41) is 39.5. The van der Waals surface area contributed by atoms with Gasteiger partial charge in [0.2, 0.25) is 0 Å². The molecule has 41 heavy (non-hydrogen) atoms. The van der Waals surface area contributed by atoms with Crippen LogP contribution < -0.4 is 10.6 Å². The lowest BCUT2D eigenvalue weighted by Gasteiger charge is -2.20. The van der Waals surface area contributed by atoms with Gasteiger partial charge in [0.25, 0.3) is 0 Å². The fourth-order valence-electron chi connectivity index (χ4n) is 4.50. The van der Waals surface area contributed by atoms with Crippen molar-refractivity contribution in [3.05, 3.63) is 102 Å². The minimum atomic E-state index is -0.914. The van der Waals surface area contributed by atoms with E-state index in [2.05, 4.69) is 15.6 Å². The number of carbonyl (C=O) groups is 1. The van der Waals surface area contributed by atoms with Crippen molar-refractivity contribution in [3.8, 4) is 22.9 Å². The largest absolute Gasteiger partial charge is 0.507 e. The number of hydrogen-bond acceptors (Lipinski definition) is 7. The molecule has 2 aromatic heterocycles. The molecule has 0 fully saturated rings. The molecule has 0 bridgehead atoms.